The van der Waals surface area contributed by atoms with Gasteiger partial charge in [-0.25, -0.2) is 4.98 Å². The molecule has 0 saturated carbocycles. The van der Waals surface area contributed by atoms with E-state index >= 15 is 0 Å². The standard InChI is InChI=1S/C12H16ClN5O/c1-3-18-8(2)14-9-10(15-12(13)16-11(9)18)17-4-6-19-7-5-17/h3-7H2,1-2H3. The average Bonchev–Trinajstić information content (AvgIpc) is 2.74. The zero-order valence-corrected chi connectivity index (χ0v) is 11.8. The third kappa shape index (κ3) is 2.15. The van der Waals surface area contributed by atoms with Crippen LogP contribution in [0.3, 0.4) is 0 Å². The molecule has 19 heavy (non-hydrogen) atoms. The average molecular weight is 282 g/mol. The Hall–Kier alpha value is -1.40. The molecule has 0 unspecified atom stereocenters. The molecular formula is C12H16ClN5O. The van der Waals surface area contributed by atoms with E-state index in [-0.39, 0.29) is 5.28 Å². The lowest BCUT2D eigenvalue weighted by atomic mass is 10.4. The quantitative estimate of drug-likeness (QED) is 0.784. The van der Waals surface area contributed by atoms with E-state index in [0.29, 0.717) is 13.2 Å². The summed E-state index contributed by atoms with van der Waals surface area (Å²) in [6.45, 7) is 7.88. The Kier molecular flexibility index (Phi) is 3.28. The second-order valence-corrected chi connectivity index (χ2v) is 4.83. The summed E-state index contributed by atoms with van der Waals surface area (Å²) in [6, 6.07) is 0. The van der Waals surface area contributed by atoms with Gasteiger partial charge >= 0.3 is 0 Å². The maximum Gasteiger partial charge on any atom is 0.226 e. The molecule has 1 saturated heterocycles. The van der Waals surface area contributed by atoms with Crippen molar-refractivity contribution < 1.29 is 4.74 Å². The molecule has 3 heterocycles. The lowest BCUT2D eigenvalue weighted by molar-refractivity contribution is 0.122. The highest BCUT2D eigenvalue weighted by molar-refractivity contribution is 6.28. The van der Waals surface area contributed by atoms with Gasteiger partial charge in [-0.15, -0.1) is 0 Å². The number of aromatic nitrogens is 4. The topological polar surface area (TPSA) is 56.1 Å². The van der Waals surface area contributed by atoms with Crippen LogP contribution in [0.1, 0.15) is 12.7 Å². The number of aryl methyl sites for hydroxylation is 2. The number of rotatable bonds is 2. The number of halogens is 1. The van der Waals surface area contributed by atoms with Crippen LogP contribution in [0.15, 0.2) is 0 Å². The number of anilines is 1. The van der Waals surface area contributed by atoms with Crippen LogP contribution in [-0.4, -0.2) is 45.8 Å². The van der Waals surface area contributed by atoms with E-state index in [0.717, 1.165) is 42.4 Å². The maximum absolute atomic E-state index is 6.06. The minimum absolute atomic E-state index is 0.267. The zero-order chi connectivity index (χ0) is 13.4. The summed E-state index contributed by atoms with van der Waals surface area (Å²) in [5.41, 5.74) is 1.63. The van der Waals surface area contributed by atoms with Crippen LogP contribution in [0.5, 0.6) is 0 Å². The zero-order valence-electron chi connectivity index (χ0n) is 11.1. The summed E-state index contributed by atoms with van der Waals surface area (Å²) >= 11 is 6.06. The van der Waals surface area contributed by atoms with Gasteiger partial charge in [0.25, 0.3) is 0 Å². The van der Waals surface area contributed by atoms with E-state index in [1.165, 1.54) is 0 Å². The monoisotopic (exact) mass is 281 g/mol. The number of fused-ring (bicyclic) bond motifs is 1. The Morgan fingerprint density at radius 2 is 1.95 bits per heavy atom. The minimum Gasteiger partial charge on any atom is -0.378 e. The molecule has 0 radical (unpaired) electrons. The predicted octanol–water partition coefficient (Wildman–Crippen LogP) is 1.64. The maximum atomic E-state index is 6.06. The predicted molar refractivity (Wildman–Crippen MR) is 73.8 cm³/mol. The van der Waals surface area contributed by atoms with E-state index in [1.54, 1.807) is 0 Å². The molecule has 1 aliphatic rings. The molecule has 3 rings (SSSR count). The highest BCUT2D eigenvalue weighted by atomic mass is 35.5. The second kappa shape index (κ2) is 4.94. The Balaban J connectivity index is 2.17. The van der Waals surface area contributed by atoms with Crippen LogP contribution in [0, 0.1) is 6.92 Å². The van der Waals surface area contributed by atoms with Crippen molar-refractivity contribution in [2.75, 3.05) is 31.2 Å². The van der Waals surface area contributed by atoms with Crippen molar-refractivity contribution in [3.8, 4) is 0 Å². The van der Waals surface area contributed by atoms with Crippen molar-refractivity contribution in [1.82, 2.24) is 19.5 Å². The number of hydrogen-bond donors (Lipinski definition) is 0. The molecule has 0 aliphatic carbocycles. The number of nitrogens with zero attached hydrogens (tertiary/aromatic N) is 5. The molecule has 0 amide bonds. The van der Waals surface area contributed by atoms with Gasteiger partial charge in [0.05, 0.1) is 13.2 Å². The molecule has 1 aliphatic heterocycles. The molecule has 0 N–H and O–H groups in total. The second-order valence-electron chi connectivity index (χ2n) is 4.49. The van der Waals surface area contributed by atoms with Crippen molar-refractivity contribution in [3.63, 3.8) is 0 Å². The first-order valence-corrected chi connectivity index (χ1v) is 6.81. The van der Waals surface area contributed by atoms with Crippen LogP contribution in [0.2, 0.25) is 5.28 Å². The van der Waals surface area contributed by atoms with E-state index in [4.69, 9.17) is 16.3 Å². The van der Waals surface area contributed by atoms with Crippen LogP contribution in [0.4, 0.5) is 5.82 Å². The van der Waals surface area contributed by atoms with Crippen molar-refractivity contribution in [2.24, 2.45) is 0 Å². The van der Waals surface area contributed by atoms with E-state index in [9.17, 15) is 0 Å². The summed E-state index contributed by atoms with van der Waals surface area (Å²) in [6.07, 6.45) is 0. The van der Waals surface area contributed by atoms with Gasteiger partial charge in [-0.05, 0) is 25.4 Å². The van der Waals surface area contributed by atoms with Gasteiger partial charge in [0.1, 0.15) is 5.82 Å². The third-order valence-electron chi connectivity index (χ3n) is 3.37. The molecule has 7 heteroatoms. The van der Waals surface area contributed by atoms with Gasteiger partial charge in [0.15, 0.2) is 17.0 Å². The van der Waals surface area contributed by atoms with Crippen molar-refractivity contribution >= 4 is 28.6 Å². The number of hydrogen-bond acceptors (Lipinski definition) is 5. The Morgan fingerprint density at radius 1 is 1.21 bits per heavy atom. The minimum atomic E-state index is 0.267. The molecule has 102 valence electrons. The van der Waals surface area contributed by atoms with Gasteiger partial charge in [0, 0.05) is 19.6 Å². The number of morpholine rings is 1. The summed E-state index contributed by atoms with van der Waals surface area (Å²) in [7, 11) is 0. The SMILES string of the molecule is CCn1c(C)nc2c(N3CCOCC3)nc(Cl)nc21. The first kappa shape index (κ1) is 12.6. The van der Waals surface area contributed by atoms with Gasteiger partial charge in [-0.1, -0.05) is 0 Å². The first-order valence-electron chi connectivity index (χ1n) is 6.43. The molecule has 0 bridgehead atoms. The normalized spacial score (nSPS) is 16.3. The summed E-state index contributed by atoms with van der Waals surface area (Å²) < 4.78 is 7.42. The molecule has 2 aromatic rings. The Morgan fingerprint density at radius 3 is 2.63 bits per heavy atom. The van der Waals surface area contributed by atoms with E-state index < -0.39 is 0 Å². The van der Waals surface area contributed by atoms with Gasteiger partial charge < -0.3 is 14.2 Å². The van der Waals surface area contributed by atoms with Crippen LogP contribution >= 0.6 is 11.6 Å². The summed E-state index contributed by atoms with van der Waals surface area (Å²) in [4.78, 5) is 15.4. The van der Waals surface area contributed by atoms with Crippen molar-refractivity contribution in [3.05, 3.63) is 11.1 Å². The lowest BCUT2D eigenvalue weighted by Crippen LogP contribution is -2.37. The smallest absolute Gasteiger partial charge is 0.226 e. The van der Waals surface area contributed by atoms with Crippen LogP contribution in [0.25, 0.3) is 11.2 Å². The van der Waals surface area contributed by atoms with E-state index in [1.807, 2.05) is 11.5 Å². The number of imidazole rings is 1. The van der Waals surface area contributed by atoms with Gasteiger partial charge in [0.2, 0.25) is 5.28 Å². The summed E-state index contributed by atoms with van der Waals surface area (Å²) in [5.74, 6) is 1.75. The fraction of sp³-hybridized carbons (Fsp3) is 0.583. The van der Waals surface area contributed by atoms with Gasteiger partial charge in [-0.3, -0.25) is 0 Å². The molecule has 6 nitrogen and oxygen atoms in total. The molecule has 1 fully saturated rings. The van der Waals surface area contributed by atoms with E-state index in [2.05, 4.69) is 26.8 Å². The largest absolute Gasteiger partial charge is 0.378 e. The molecule has 0 atom stereocenters. The van der Waals surface area contributed by atoms with Crippen LogP contribution < -0.4 is 4.90 Å². The molecule has 2 aromatic heterocycles. The Bertz CT molecular complexity index is 606. The third-order valence-corrected chi connectivity index (χ3v) is 3.54. The van der Waals surface area contributed by atoms with Gasteiger partial charge in [-0.2, -0.15) is 9.97 Å². The number of ether oxygens (including phenoxy) is 1. The van der Waals surface area contributed by atoms with Crippen LogP contribution in [-0.2, 0) is 11.3 Å². The summed E-state index contributed by atoms with van der Waals surface area (Å²) in [5, 5.41) is 0.267. The molecule has 0 aromatic carbocycles. The highest BCUT2D eigenvalue weighted by Crippen LogP contribution is 2.26. The Labute approximate surface area is 116 Å². The fourth-order valence-electron chi connectivity index (χ4n) is 2.44. The van der Waals surface area contributed by atoms with Crippen molar-refractivity contribution in [2.45, 2.75) is 20.4 Å². The highest BCUT2D eigenvalue weighted by Gasteiger charge is 2.20. The molecule has 0 spiro atoms. The van der Waals surface area contributed by atoms with Crippen molar-refractivity contribution in [1.29, 1.82) is 0 Å². The molecular weight excluding hydrogens is 266 g/mol. The first-order chi connectivity index (χ1) is 9.20. The fourth-order valence-corrected chi connectivity index (χ4v) is 2.60. The lowest BCUT2D eigenvalue weighted by Gasteiger charge is -2.27.